The molecule has 0 aliphatic rings. The van der Waals surface area contributed by atoms with Crippen molar-refractivity contribution in [2.24, 2.45) is 0 Å². The molecule has 0 saturated carbocycles. The topological polar surface area (TPSA) is 169 Å². The number of carbonyl (C=O) groups is 2. The molecular formula is C33H35N3O9. The minimum Gasteiger partial charge on any atom is -0.505 e. The number of nitro benzene ring substituents is 1. The molecule has 0 atom stereocenters. The van der Waals surface area contributed by atoms with Crippen LogP contribution in [0.15, 0.2) is 72.8 Å². The Morgan fingerprint density at radius 2 is 1.11 bits per heavy atom. The monoisotopic (exact) mass is 617 g/mol. The lowest BCUT2D eigenvalue weighted by molar-refractivity contribution is -0.384. The molecule has 0 saturated heterocycles. The average molecular weight is 618 g/mol. The fourth-order valence-electron chi connectivity index (χ4n) is 4.14. The maximum Gasteiger partial charge on any atom is 0.412 e. The van der Waals surface area contributed by atoms with E-state index in [0.717, 1.165) is 22.4 Å². The molecule has 0 aromatic heterocycles. The van der Waals surface area contributed by atoms with E-state index in [1.54, 1.807) is 51.3 Å². The van der Waals surface area contributed by atoms with Crippen LogP contribution in [0.3, 0.4) is 0 Å². The summed E-state index contributed by atoms with van der Waals surface area (Å²) >= 11 is 0. The van der Waals surface area contributed by atoms with E-state index in [2.05, 4.69) is 10.6 Å². The van der Waals surface area contributed by atoms with Gasteiger partial charge in [-0.05, 0) is 97.5 Å². The minimum absolute atomic E-state index is 0.0112. The van der Waals surface area contributed by atoms with Crippen LogP contribution in [0.1, 0.15) is 33.4 Å². The Labute approximate surface area is 260 Å². The smallest absolute Gasteiger partial charge is 0.412 e. The molecule has 12 heteroatoms. The van der Waals surface area contributed by atoms with Crippen LogP contribution < -0.4 is 15.4 Å². The van der Waals surface area contributed by atoms with E-state index in [-0.39, 0.29) is 36.1 Å². The summed E-state index contributed by atoms with van der Waals surface area (Å²) in [6, 6.07) is 19.9. The number of carbonyl (C=O) groups excluding carboxylic acids is 2. The number of non-ortho nitro benzene ring substituents is 1. The summed E-state index contributed by atoms with van der Waals surface area (Å²) in [5.74, 6) is 0.781. The summed E-state index contributed by atoms with van der Waals surface area (Å²) in [6.45, 7) is 7.35. The molecular weight excluding hydrogens is 582 g/mol. The SMILES string of the molecule is COc1ccc(COC(=O)Nc2cc(C)cc(C)c2O)cc1.Cc1cc(C)c(O)c(NC(=O)OCc2ccc([N+](=O)[O-])cc2)c1. The average Bonchev–Trinajstić information content (AvgIpc) is 3.00. The van der Waals surface area contributed by atoms with Crippen molar-refractivity contribution in [3.8, 4) is 17.2 Å². The molecule has 0 aliphatic heterocycles. The van der Waals surface area contributed by atoms with Crippen molar-refractivity contribution < 1.29 is 38.9 Å². The van der Waals surface area contributed by atoms with Gasteiger partial charge < -0.3 is 24.4 Å². The normalized spacial score (nSPS) is 10.2. The first-order valence-electron chi connectivity index (χ1n) is 13.7. The van der Waals surface area contributed by atoms with Gasteiger partial charge in [-0.3, -0.25) is 20.7 Å². The number of phenols is 2. The van der Waals surface area contributed by atoms with Gasteiger partial charge in [0.15, 0.2) is 0 Å². The van der Waals surface area contributed by atoms with E-state index in [9.17, 15) is 29.9 Å². The number of amides is 2. The maximum absolute atomic E-state index is 11.8. The second kappa shape index (κ2) is 15.6. The highest BCUT2D eigenvalue weighted by Gasteiger charge is 2.12. The summed E-state index contributed by atoms with van der Waals surface area (Å²) in [6.07, 6.45) is -1.33. The van der Waals surface area contributed by atoms with Crippen LogP contribution in [0.2, 0.25) is 0 Å². The van der Waals surface area contributed by atoms with Gasteiger partial charge in [-0.15, -0.1) is 0 Å². The highest BCUT2D eigenvalue weighted by Crippen LogP contribution is 2.30. The molecule has 236 valence electrons. The molecule has 4 aromatic carbocycles. The van der Waals surface area contributed by atoms with Gasteiger partial charge in [-0.1, -0.05) is 24.3 Å². The molecule has 12 nitrogen and oxygen atoms in total. The molecule has 2 amide bonds. The molecule has 0 aliphatic carbocycles. The van der Waals surface area contributed by atoms with Crippen molar-refractivity contribution in [3.05, 3.63) is 116 Å². The first-order valence-corrected chi connectivity index (χ1v) is 13.7. The Hall–Kier alpha value is -5.78. The number of benzene rings is 4. The molecule has 4 rings (SSSR count). The third-order valence-corrected chi connectivity index (χ3v) is 6.41. The van der Waals surface area contributed by atoms with Crippen molar-refractivity contribution in [1.82, 2.24) is 0 Å². The lowest BCUT2D eigenvalue weighted by Crippen LogP contribution is -2.14. The highest BCUT2D eigenvalue weighted by molar-refractivity contribution is 5.88. The molecule has 0 heterocycles. The van der Waals surface area contributed by atoms with Crippen LogP contribution in [0.5, 0.6) is 17.2 Å². The quantitative estimate of drug-likeness (QED) is 0.0892. The number of phenolic OH excluding ortho intramolecular Hbond substituents is 2. The van der Waals surface area contributed by atoms with Gasteiger partial charge in [-0.2, -0.15) is 0 Å². The van der Waals surface area contributed by atoms with Gasteiger partial charge in [0.2, 0.25) is 0 Å². The standard InChI is InChI=1S/C17H19NO4.C16H16N2O5/c1-11-8-12(2)16(19)15(9-11)18-17(20)22-10-13-4-6-14(21-3)7-5-13;1-10-7-11(2)15(19)14(8-10)17-16(20)23-9-12-3-5-13(6-4-12)18(21)22/h4-9,19H,10H2,1-3H3,(H,18,20);3-8,19H,9H2,1-2H3,(H,17,20). The summed E-state index contributed by atoms with van der Waals surface area (Å²) in [4.78, 5) is 33.7. The summed E-state index contributed by atoms with van der Waals surface area (Å²) < 4.78 is 15.2. The van der Waals surface area contributed by atoms with Crippen LogP contribution in [-0.2, 0) is 22.7 Å². The zero-order valence-electron chi connectivity index (χ0n) is 25.5. The Bertz CT molecular complexity index is 1650. The number of anilines is 2. The van der Waals surface area contributed by atoms with E-state index >= 15 is 0 Å². The summed E-state index contributed by atoms with van der Waals surface area (Å²) in [5, 5.41) is 35.4. The zero-order valence-corrected chi connectivity index (χ0v) is 25.5. The van der Waals surface area contributed by atoms with Crippen molar-refractivity contribution in [2.75, 3.05) is 17.7 Å². The van der Waals surface area contributed by atoms with Gasteiger partial charge in [-0.25, -0.2) is 9.59 Å². The Morgan fingerprint density at radius 1 is 0.711 bits per heavy atom. The second-order valence-corrected chi connectivity index (χ2v) is 10.1. The number of nitro groups is 1. The largest absolute Gasteiger partial charge is 0.505 e. The molecule has 0 spiro atoms. The van der Waals surface area contributed by atoms with Gasteiger partial charge >= 0.3 is 12.2 Å². The van der Waals surface area contributed by atoms with Crippen LogP contribution in [0, 0.1) is 37.8 Å². The van der Waals surface area contributed by atoms with Crippen LogP contribution in [-0.4, -0.2) is 34.4 Å². The predicted molar refractivity (Wildman–Crippen MR) is 169 cm³/mol. The highest BCUT2D eigenvalue weighted by atomic mass is 16.6. The second-order valence-electron chi connectivity index (χ2n) is 10.1. The van der Waals surface area contributed by atoms with Crippen LogP contribution in [0.25, 0.3) is 0 Å². The first kappa shape index (κ1) is 33.7. The van der Waals surface area contributed by atoms with Crippen molar-refractivity contribution >= 4 is 29.2 Å². The van der Waals surface area contributed by atoms with Crippen molar-refractivity contribution in [3.63, 3.8) is 0 Å². The lowest BCUT2D eigenvalue weighted by atomic mass is 10.1. The number of aryl methyl sites for hydroxylation is 4. The predicted octanol–water partition coefficient (Wildman–Crippen LogP) is 7.43. The molecule has 0 bridgehead atoms. The number of rotatable bonds is 8. The van der Waals surface area contributed by atoms with E-state index in [1.165, 1.54) is 24.3 Å². The number of nitrogens with one attached hydrogen (secondary N) is 2. The van der Waals surface area contributed by atoms with E-state index < -0.39 is 17.1 Å². The van der Waals surface area contributed by atoms with Gasteiger partial charge in [0, 0.05) is 12.1 Å². The van der Waals surface area contributed by atoms with Crippen LogP contribution >= 0.6 is 0 Å². The molecule has 45 heavy (non-hydrogen) atoms. The molecule has 4 aromatic rings. The van der Waals surface area contributed by atoms with Gasteiger partial charge in [0.05, 0.1) is 23.4 Å². The number of hydrogen-bond acceptors (Lipinski definition) is 9. The molecule has 0 fully saturated rings. The summed E-state index contributed by atoms with van der Waals surface area (Å²) in [5.41, 5.74) is 5.25. The molecule has 4 N–H and O–H groups in total. The zero-order chi connectivity index (χ0) is 33.1. The van der Waals surface area contributed by atoms with Gasteiger partial charge in [0.25, 0.3) is 5.69 Å². The van der Waals surface area contributed by atoms with Crippen molar-refractivity contribution in [1.29, 1.82) is 0 Å². The fraction of sp³-hybridized carbons (Fsp3) is 0.212. The Kier molecular flexibility index (Phi) is 11.7. The van der Waals surface area contributed by atoms with Crippen molar-refractivity contribution in [2.45, 2.75) is 40.9 Å². The Balaban J connectivity index is 0.000000246. The maximum atomic E-state index is 11.8. The van der Waals surface area contributed by atoms with E-state index in [4.69, 9.17) is 14.2 Å². The number of ether oxygens (including phenoxy) is 3. The third-order valence-electron chi connectivity index (χ3n) is 6.41. The number of hydrogen-bond donors (Lipinski definition) is 4. The number of nitrogens with zero attached hydrogens (tertiary/aromatic N) is 1. The van der Waals surface area contributed by atoms with Crippen LogP contribution in [0.4, 0.5) is 26.7 Å². The van der Waals surface area contributed by atoms with E-state index in [1.807, 2.05) is 32.0 Å². The fourth-order valence-corrected chi connectivity index (χ4v) is 4.14. The third kappa shape index (κ3) is 10.2. The molecule has 0 radical (unpaired) electrons. The molecule has 0 unspecified atom stereocenters. The van der Waals surface area contributed by atoms with Gasteiger partial charge in [0.1, 0.15) is 30.5 Å². The summed E-state index contributed by atoms with van der Waals surface area (Å²) in [7, 11) is 1.59. The number of methoxy groups -OCH3 is 1. The van der Waals surface area contributed by atoms with E-state index in [0.29, 0.717) is 22.4 Å². The first-order chi connectivity index (χ1) is 21.4. The number of aromatic hydroxyl groups is 2. The lowest BCUT2D eigenvalue weighted by Gasteiger charge is -2.11. The minimum atomic E-state index is -0.719. The Morgan fingerprint density at radius 3 is 1.49 bits per heavy atom.